The van der Waals surface area contributed by atoms with Gasteiger partial charge < -0.3 is 4.74 Å². The first-order valence-electron chi connectivity index (χ1n) is 10.3. The lowest BCUT2D eigenvalue weighted by atomic mass is 9.83. The summed E-state index contributed by atoms with van der Waals surface area (Å²) in [7, 11) is 3.68. The highest BCUT2D eigenvalue weighted by atomic mass is 127. The molecule has 30 heavy (non-hydrogen) atoms. The van der Waals surface area contributed by atoms with E-state index in [2.05, 4.69) is 119 Å². The van der Waals surface area contributed by atoms with Gasteiger partial charge in [-0.05, 0) is 55.2 Å². The summed E-state index contributed by atoms with van der Waals surface area (Å²) in [6, 6.07) is 20.9. The van der Waals surface area contributed by atoms with E-state index in [0.717, 1.165) is 26.0 Å². The number of ether oxygens (including phenoxy) is 1. The van der Waals surface area contributed by atoms with Crippen LogP contribution in [0.4, 0.5) is 0 Å². The van der Waals surface area contributed by atoms with Crippen molar-refractivity contribution in [2.75, 3.05) is 13.2 Å². The summed E-state index contributed by atoms with van der Waals surface area (Å²) in [5.41, 5.74) is 5.65. The predicted octanol–water partition coefficient (Wildman–Crippen LogP) is 7.84. The van der Waals surface area contributed by atoms with Crippen LogP contribution in [0.1, 0.15) is 48.5 Å². The van der Waals surface area contributed by atoms with Crippen LogP contribution >= 0.6 is 60.6 Å². The van der Waals surface area contributed by atoms with Crippen LogP contribution in [0.5, 0.6) is 0 Å². The van der Waals surface area contributed by atoms with Gasteiger partial charge in [0.15, 0.2) is 0 Å². The molecule has 0 radical (unpaired) electrons. The van der Waals surface area contributed by atoms with Crippen LogP contribution in [0.15, 0.2) is 65.9 Å². The predicted molar refractivity (Wildman–Crippen MR) is 147 cm³/mol. The van der Waals surface area contributed by atoms with Gasteiger partial charge in [-0.25, -0.2) is 8.61 Å². The maximum absolute atomic E-state index is 6.26. The van der Waals surface area contributed by atoms with Gasteiger partial charge in [0, 0.05) is 73.0 Å². The van der Waals surface area contributed by atoms with Crippen molar-refractivity contribution >= 4 is 60.6 Å². The molecule has 2 aliphatic heterocycles. The van der Waals surface area contributed by atoms with Gasteiger partial charge in [0.05, 0.1) is 18.4 Å². The Balaban J connectivity index is 1.76. The molecule has 2 aromatic carbocycles. The molecule has 0 saturated carbocycles. The number of benzene rings is 2. The van der Waals surface area contributed by atoms with E-state index >= 15 is 0 Å². The van der Waals surface area contributed by atoms with E-state index in [1.807, 2.05) is 18.2 Å². The Hall–Kier alpha value is 0.0600. The highest BCUT2D eigenvalue weighted by Gasteiger charge is 2.44. The molecule has 2 heterocycles. The van der Waals surface area contributed by atoms with Crippen molar-refractivity contribution in [3.63, 3.8) is 0 Å². The van der Waals surface area contributed by atoms with Gasteiger partial charge in [-0.3, -0.25) is 0 Å². The largest absolute Gasteiger partial charge is 0.498 e. The fourth-order valence-electron chi connectivity index (χ4n) is 4.68. The molecule has 7 heteroatoms. The molecule has 3 nitrogen and oxygen atoms in total. The van der Waals surface area contributed by atoms with E-state index in [1.54, 1.807) is 0 Å². The van der Waals surface area contributed by atoms with Gasteiger partial charge >= 0.3 is 0 Å². The number of fused-ring (bicyclic) bond motifs is 1. The van der Waals surface area contributed by atoms with Crippen LogP contribution in [0.25, 0.3) is 0 Å². The van der Waals surface area contributed by atoms with E-state index in [0.29, 0.717) is 18.1 Å². The number of rotatable bonds is 6. The lowest BCUT2D eigenvalue weighted by Crippen LogP contribution is -2.47. The van der Waals surface area contributed by atoms with Crippen LogP contribution in [-0.4, -0.2) is 27.8 Å². The number of hydrogen-bond donors (Lipinski definition) is 0. The van der Waals surface area contributed by atoms with E-state index in [-0.39, 0.29) is 0 Å². The maximum Gasteiger partial charge on any atom is 0.1000 e. The summed E-state index contributed by atoms with van der Waals surface area (Å²) in [5, 5.41) is 0. The van der Waals surface area contributed by atoms with E-state index in [4.69, 9.17) is 4.74 Å². The van der Waals surface area contributed by atoms with Crippen molar-refractivity contribution in [2.24, 2.45) is 0 Å². The molecule has 4 rings (SSSR count). The monoisotopic (exact) mass is 664 g/mol. The first-order valence-corrected chi connectivity index (χ1v) is 16.9. The van der Waals surface area contributed by atoms with Crippen LogP contribution in [0.2, 0.25) is 0 Å². The first kappa shape index (κ1) is 23.2. The Kier molecular flexibility index (Phi) is 8.35. The Morgan fingerprint density at radius 2 is 1.70 bits per heavy atom. The Bertz CT molecular complexity index is 896. The molecule has 0 aliphatic carbocycles. The maximum atomic E-state index is 6.26. The van der Waals surface area contributed by atoms with Gasteiger partial charge in [0.1, 0.15) is 0 Å². The van der Waals surface area contributed by atoms with Crippen molar-refractivity contribution in [1.82, 2.24) is 8.61 Å². The van der Waals surface area contributed by atoms with Crippen molar-refractivity contribution in [3.8, 4) is 0 Å². The molecule has 2 aromatic rings. The summed E-state index contributed by atoms with van der Waals surface area (Å²) in [5.74, 6) is 1.21. The second-order valence-electron chi connectivity index (χ2n) is 7.71. The van der Waals surface area contributed by atoms with E-state index in [9.17, 15) is 0 Å². The quantitative estimate of drug-likeness (QED) is 0.230. The molecule has 0 amide bonds. The second kappa shape index (κ2) is 10.8. The molecule has 0 spiro atoms. The van der Waals surface area contributed by atoms with Crippen LogP contribution in [0.3, 0.4) is 0 Å². The number of halogens is 2. The summed E-state index contributed by atoms with van der Waals surface area (Å²) in [6.45, 7) is 6.01. The molecule has 3 atom stereocenters. The summed E-state index contributed by atoms with van der Waals surface area (Å²) >= 11 is 4.91. The van der Waals surface area contributed by atoms with Gasteiger partial charge in [0.25, 0.3) is 0 Å². The molecule has 0 aromatic heterocycles. The summed E-state index contributed by atoms with van der Waals surface area (Å²) < 4.78 is 11.4. The molecule has 1 fully saturated rings. The third-order valence-electron chi connectivity index (χ3n) is 6.09. The van der Waals surface area contributed by atoms with Gasteiger partial charge in [-0.1, -0.05) is 54.6 Å². The number of aryl methyl sites for hydroxylation is 1. The molecule has 160 valence electrons. The standard InChI is InChI=1S/C23H26I2N2OS2/c1-3-28-23-14-20(17-10-5-4-6-11-17)27(30-25)22-13-21(26(29-24)15-19(22)23)18-12-8-7-9-16(18)2/h4-12,20-22H,3,13-15H2,1-2H3/t20-,21-,22-/m0/s1. The second-order valence-corrected chi connectivity index (χ2v) is 11.2. The van der Waals surface area contributed by atoms with Gasteiger partial charge in [-0.15, -0.1) is 0 Å². The zero-order chi connectivity index (χ0) is 21.1. The summed E-state index contributed by atoms with van der Waals surface area (Å²) in [6.07, 6.45) is 2.01. The minimum absolute atomic E-state index is 0.333. The molecule has 0 unspecified atom stereocenters. The SMILES string of the molecule is CCOC1=C2CN(SI)[C@H](c3ccccc3C)C[C@@H]2N(SI)[C@H](c2ccccc2)C1. The number of nitrogens with zero attached hydrogens (tertiary/aromatic N) is 2. The summed E-state index contributed by atoms with van der Waals surface area (Å²) in [4.78, 5) is 0. The molecular weight excluding hydrogens is 638 g/mol. The lowest BCUT2D eigenvalue weighted by Gasteiger charge is -2.48. The zero-order valence-electron chi connectivity index (χ0n) is 17.1. The lowest BCUT2D eigenvalue weighted by molar-refractivity contribution is 0.129. The number of piperidine rings is 1. The van der Waals surface area contributed by atoms with Crippen molar-refractivity contribution in [3.05, 3.63) is 82.6 Å². The first-order chi connectivity index (χ1) is 14.7. The Morgan fingerprint density at radius 1 is 0.967 bits per heavy atom. The molecule has 2 aliphatic rings. The van der Waals surface area contributed by atoms with Gasteiger partial charge in [-0.2, -0.15) is 0 Å². The van der Waals surface area contributed by atoms with E-state index in [1.165, 1.54) is 28.0 Å². The topological polar surface area (TPSA) is 15.7 Å². The van der Waals surface area contributed by atoms with Crippen molar-refractivity contribution in [1.29, 1.82) is 0 Å². The average molecular weight is 664 g/mol. The fourth-order valence-corrected chi connectivity index (χ4v) is 8.65. The molecule has 0 N–H and O–H groups in total. The van der Waals surface area contributed by atoms with Crippen LogP contribution in [0, 0.1) is 6.92 Å². The Labute approximate surface area is 212 Å². The van der Waals surface area contributed by atoms with Gasteiger partial charge in [0.2, 0.25) is 0 Å². The molecule has 0 bridgehead atoms. The minimum Gasteiger partial charge on any atom is -0.498 e. The van der Waals surface area contributed by atoms with Crippen LogP contribution < -0.4 is 0 Å². The smallest absolute Gasteiger partial charge is 0.1000 e. The zero-order valence-corrected chi connectivity index (χ0v) is 23.1. The normalized spacial score (nSPS) is 25.3. The average Bonchev–Trinajstić information content (AvgIpc) is 2.79. The third kappa shape index (κ3) is 4.71. The van der Waals surface area contributed by atoms with Crippen LogP contribution in [-0.2, 0) is 4.74 Å². The highest BCUT2D eigenvalue weighted by Crippen LogP contribution is 2.51. The molecular formula is C23H26I2N2OS2. The Morgan fingerprint density at radius 3 is 2.37 bits per heavy atom. The van der Waals surface area contributed by atoms with E-state index < -0.39 is 0 Å². The van der Waals surface area contributed by atoms with Crippen molar-refractivity contribution in [2.45, 2.75) is 44.8 Å². The highest BCUT2D eigenvalue weighted by molar-refractivity contribution is 14.2. The van der Waals surface area contributed by atoms with Crippen molar-refractivity contribution < 1.29 is 4.74 Å². The molecule has 1 saturated heterocycles. The third-order valence-corrected chi connectivity index (χ3v) is 10.2. The fraction of sp³-hybridized carbons (Fsp3) is 0.391. The minimum atomic E-state index is 0.333. The number of hydrogen-bond acceptors (Lipinski definition) is 5.